The van der Waals surface area contributed by atoms with Gasteiger partial charge in [0.1, 0.15) is 6.04 Å². The molecule has 1 N–H and O–H groups in total. The molecule has 1 atom stereocenters. The van der Waals surface area contributed by atoms with Gasteiger partial charge in [-0.15, -0.1) is 17.5 Å². The maximum atomic E-state index is 13.3. The molecule has 1 saturated heterocycles. The number of pyridine rings is 1. The second kappa shape index (κ2) is 11.2. The van der Waals surface area contributed by atoms with Gasteiger partial charge in [0.15, 0.2) is 5.82 Å². The Hall–Kier alpha value is -2.33. The minimum atomic E-state index is -0.320. The number of fused-ring (bicyclic) bond motifs is 1. The molecule has 2 aromatic heterocycles. The summed E-state index contributed by atoms with van der Waals surface area (Å²) in [7, 11) is 1.66. The van der Waals surface area contributed by atoms with Crippen LogP contribution in [-0.4, -0.2) is 81.4 Å². The lowest BCUT2D eigenvalue weighted by molar-refractivity contribution is 0.103. The maximum Gasteiger partial charge on any atom is 0.253 e. The van der Waals surface area contributed by atoms with E-state index in [1.807, 2.05) is 19.1 Å². The van der Waals surface area contributed by atoms with E-state index in [0.29, 0.717) is 24.5 Å². The molecule has 0 spiro atoms. The van der Waals surface area contributed by atoms with E-state index in [0.717, 1.165) is 61.2 Å². The van der Waals surface area contributed by atoms with Gasteiger partial charge in [-0.25, -0.2) is 4.68 Å². The van der Waals surface area contributed by atoms with E-state index in [4.69, 9.17) is 4.74 Å². The first-order valence-electron chi connectivity index (χ1n) is 11.4. The van der Waals surface area contributed by atoms with Crippen LogP contribution in [0.5, 0.6) is 0 Å². The molecule has 0 bridgehead atoms. The number of hydrogen-bond donors (Lipinski definition) is 1. The van der Waals surface area contributed by atoms with Gasteiger partial charge in [0.05, 0.1) is 13.2 Å². The molecule has 33 heavy (non-hydrogen) atoms. The number of aromatic nitrogens is 5. The molecule has 1 aliphatic rings. The highest BCUT2D eigenvalue weighted by molar-refractivity contribution is 5.85. The van der Waals surface area contributed by atoms with Gasteiger partial charge in [-0.2, -0.15) is 0 Å². The van der Waals surface area contributed by atoms with E-state index in [9.17, 15) is 4.79 Å². The summed E-state index contributed by atoms with van der Waals surface area (Å²) in [5.41, 5.74) is 3.72. The van der Waals surface area contributed by atoms with Crippen LogP contribution in [0.3, 0.4) is 0 Å². The van der Waals surface area contributed by atoms with E-state index in [1.165, 1.54) is 0 Å². The number of rotatable bonds is 8. The zero-order chi connectivity index (χ0) is 22.7. The van der Waals surface area contributed by atoms with Crippen LogP contribution in [0.25, 0.3) is 10.9 Å². The zero-order valence-electron chi connectivity index (χ0n) is 19.9. The van der Waals surface area contributed by atoms with Crippen molar-refractivity contribution in [2.75, 3.05) is 46.4 Å². The number of aryl methyl sites for hydroxylation is 2. The normalized spacial score (nSPS) is 16.1. The Morgan fingerprint density at radius 3 is 2.58 bits per heavy atom. The van der Waals surface area contributed by atoms with Crippen LogP contribution >= 0.6 is 12.4 Å². The fourth-order valence-corrected chi connectivity index (χ4v) is 4.70. The number of H-pyrrole nitrogens is 1. The molecule has 4 rings (SSSR count). The smallest absolute Gasteiger partial charge is 0.253 e. The molecule has 3 heterocycles. The third kappa shape index (κ3) is 5.43. The molecule has 1 aliphatic heterocycles. The number of aromatic amines is 1. The first kappa shape index (κ1) is 25.3. The first-order valence-corrected chi connectivity index (χ1v) is 11.4. The van der Waals surface area contributed by atoms with Crippen molar-refractivity contribution >= 4 is 23.3 Å². The summed E-state index contributed by atoms with van der Waals surface area (Å²) in [6, 6.07) is 5.88. The molecule has 10 heteroatoms. The van der Waals surface area contributed by atoms with Gasteiger partial charge in [0.25, 0.3) is 5.56 Å². The number of tetrazole rings is 1. The van der Waals surface area contributed by atoms with Crippen LogP contribution in [0.2, 0.25) is 0 Å². The van der Waals surface area contributed by atoms with Crippen LogP contribution in [0, 0.1) is 13.8 Å². The average molecular weight is 476 g/mol. The highest BCUT2D eigenvalue weighted by atomic mass is 35.5. The van der Waals surface area contributed by atoms with E-state index in [-0.39, 0.29) is 24.0 Å². The molecule has 0 saturated carbocycles. The number of ether oxygens (including phenoxy) is 1. The minimum Gasteiger partial charge on any atom is -0.383 e. The molecule has 1 aromatic carbocycles. The summed E-state index contributed by atoms with van der Waals surface area (Å²) in [5.74, 6) is 0.681. The van der Waals surface area contributed by atoms with Crippen molar-refractivity contribution in [3.8, 4) is 0 Å². The number of nitrogens with zero attached hydrogens (tertiary/aromatic N) is 6. The van der Waals surface area contributed by atoms with Crippen molar-refractivity contribution < 1.29 is 4.74 Å². The van der Waals surface area contributed by atoms with Crippen LogP contribution in [-0.2, 0) is 11.3 Å². The van der Waals surface area contributed by atoms with E-state index in [2.05, 4.69) is 50.2 Å². The standard InChI is InChI=1S/C23H33N7O2.ClH/c1-5-6-28-7-9-29(10-8-28)21(22-25-26-27-30(22)11-12-32-4)19-15-18-17(3)13-16(2)14-20(18)24-23(19)31;/h13-15,21H,5-12H2,1-4H3,(H,24,31);1H. The van der Waals surface area contributed by atoms with Crippen molar-refractivity contribution in [1.29, 1.82) is 0 Å². The van der Waals surface area contributed by atoms with Crippen molar-refractivity contribution in [2.24, 2.45) is 0 Å². The summed E-state index contributed by atoms with van der Waals surface area (Å²) in [4.78, 5) is 21.3. The van der Waals surface area contributed by atoms with Crippen LogP contribution < -0.4 is 5.56 Å². The number of methoxy groups -OCH3 is 1. The summed E-state index contributed by atoms with van der Waals surface area (Å²) in [5, 5.41) is 13.6. The third-order valence-corrected chi connectivity index (χ3v) is 6.26. The highest BCUT2D eigenvalue weighted by Crippen LogP contribution is 2.29. The Morgan fingerprint density at radius 2 is 1.88 bits per heavy atom. The van der Waals surface area contributed by atoms with E-state index in [1.54, 1.807) is 11.8 Å². The van der Waals surface area contributed by atoms with Gasteiger partial charge < -0.3 is 14.6 Å². The number of halogens is 1. The third-order valence-electron chi connectivity index (χ3n) is 6.26. The van der Waals surface area contributed by atoms with Crippen LogP contribution in [0.4, 0.5) is 0 Å². The Morgan fingerprint density at radius 1 is 1.12 bits per heavy atom. The van der Waals surface area contributed by atoms with Crippen molar-refractivity contribution in [1.82, 2.24) is 35.0 Å². The number of hydrogen-bond acceptors (Lipinski definition) is 7. The van der Waals surface area contributed by atoms with Gasteiger partial charge in [0, 0.05) is 49.8 Å². The molecule has 1 fully saturated rings. The summed E-state index contributed by atoms with van der Waals surface area (Å²) in [6.45, 7) is 12.1. The van der Waals surface area contributed by atoms with Gasteiger partial charge >= 0.3 is 0 Å². The summed E-state index contributed by atoms with van der Waals surface area (Å²) in [6.07, 6.45) is 1.14. The topological polar surface area (TPSA) is 92.2 Å². The second-order valence-corrected chi connectivity index (χ2v) is 8.63. The Balaban J connectivity index is 0.00000306. The first-order chi connectivity index (χ1) is 15.5. The molecule has 1 unspecified atom stereocenters. The van der Waals surface area contributed by atoms with Gasteiger partial charge in [-0.05, 0) is 60.5 Å². The Kier molecular flexibility index (Phi) is 8.58. The van der Waals surface area contributed by atoms with E-state index >= 15 is 0 Å². The molecule has 180 valence electrons. The zero-order valence-corrected chi connectivity index (χ0v) is 20.7. The van der Waals surface area contributed by atoms with Crippen molar-refractivity contribution in [3.05, 3.63) is 51.1 Å². The molecule has 9 nitrogen and oxygen atoms in total. The lowest BCUT2D eigenvalue weighted by atomic mass is 9.99. The quantitative estimate of drug-likeness (QED) is 0.534. The van der Waals surface area contributed by atoms with E-state index < -0.39 is 0 Å². The number of piperazine rings is 1. The van der Waals surface area contributed by atoms with Crippen LogP contribution in [0.15, 0.2) is 23.0 Å². The largest absolute Gasteiger partial charge is 0.383 e. The van der Waals surface area contributed by atoms with Gasteiger partial charge in [0.2, 0.25) is 0 Å². The Labute approximate surface area is 200 Å². The molecule has 0 amide bonds. The lowest BCUT2D eigenvalue weighted by Crippen LogP contribution is -2.49. The minimum absolute atomic E-state index is 0. The summed E-state index contributed by atoms with van der Waals surface area (Å²) >= 11 is 0. The SMILES string of the molecule is CCCN1CCN(C(c2cc3c(C)cc(C)cc3[nH]c2=O)c2nnnn2CCOC)CC1.Cl. The van der Waals surface area contributed by atoms with Gasteiger partial charge in [-0.3, -0.25) is 9.69 Å². The summed E-state index contributed by atoms with van der Waals surface area (Å²) < 4.78 is 7.01. The predicted molar refractivity (Wildman–Crippen MR) is 131 cm³/mol. The van der Waals surface area contributed by atoms with Crippen molar-refractivity contribution in [3.63, 3.8) is 0 Å². The molecular weight excluding hydrogens is 442 g/mol. The number of nitrogens with one attached hydrogen (secondary N) is 1. The monoisotopic (exact) mass is 475 g/mol. The fourth-order valence-electron chi connectivity index (χ4n) is 4.70. The van der Waals surface area contributed by atoms with Gasteiger partial charge in [-0.1, -0.05) is 13.0 Å². The highest BCUT2D eigenvalue weighted by Gasteiger charge is 2.32. The molecule has 3 aromatic rings. The number of benzene rings is 1. The van der Waals surface area contributed by atoms with Crippen molar-refractivity contribution in [2.45, 2.75) is 39.8 Å². The lowest BCUT2D eigenvalue weighted by Gasteiger charge is -2.38. The predicted octanol–water partition coefficient (Wildman–Crippen LogP) is 2.32. The average Bonchev–Trinajstić information content (AvgIpc) is 3.22. The molecule has 0 aliphatic carbocycles. The fraction of sp³-hybridized carbons (Fsp3) is 0.565. The van der Waals surface area contributed by atoms with Crippen LogP contribution in [0.1, 0.15) is 41.9 Å². The second-order valence-electron chi connectivity index (χ2n) is 8.63. The molecule has 0 radical (unpaired) electrons. The molecular formula is C23H34ClN7O2. The maximum absolute atomic E-state index is 13.3. The Bertz CT molecular complexity index is 1120.